The Kier molecular flexibility index (Phi) is 5.61. The van der Waals surface area contributed by atoms with E-state index in [-0.39, 0.29) is 25.7 Å². The summed E-state index contributed by atoms with van der Waals surface area (Å²) in [6.45, 7) is 4.26. The molecular weight excluding hydrogens is 386 g/mol. The second-order valence-electron chi connectivity index (χ2n) is 7.33. The van der Waals surface area contributed by atoms with E-state index >= 15 is 0 Å². The maximum Gasteiger partial charge on any atom is 0.310 e. The maximum atomic E-state index is 12.2. The van der Waals surface area contributed by atoms with Crippen LogP contribution in [0, 0.1) is 13.8 Å². The lowest BCUT2D eigenvalue weighted by Crippen LogP contribution is -2.42. The molecule has 30 heavy (non-hydrogen) atoms. The number of fused-ring (bicyclic) bond motifs is 2. The number of para-hydroxylation sites is 2. The molecule has 1 N–H and O–H groups in total. The SMILES string of the molecule is Cc1cc2occ(CC(=O)OCC(=O)NC[C@H]3COc4ccccc4O3)c2cc1C. The second kappa shape index (κ2) is 8.49. The van der Waals surface area contributed by atoms with E-state index in [1.807, 2.05) is 50.2 Å². The fourth-order valence-corrected chi connectivity index (χ4v) is 3.27. The summed E-state index contributed by atoms with van der Waals surface area (Å²) < 4.78 is 22.0. The Morgan fingerprint density at radius 1 is 1.13 bits per heavy atom. The first-order valence-electron chi connectivity index (χ1n) is 9.77. The van der Waals surface area contributed by atoms with Crippen LogP contribution in [0.3, 0.4) is 0 Å². The van der Waals surface area contributed by atoms with Crippen LogP contribution < -0.4 is 14.8 Å². The highest BCUT2D eigenvalue weighted by molar-refractivity contribution is 5.87. The summed E-state index contributed by atoms with van der Waals surface area (Å²) in [6.07, 6.45) is 1.30. The summed E-state index contributed by atoms with van der Waals surface area (Å²) in [4.78, 5) is 24.2. The molecule has 1 amide bonds. The molecule has 0 radical (unpaired) electrons. The number of carbonyl (C=O) groups is 2. The zero-order chi connectivity index (χ0) is 21.1. The predicted octanol–water partition coefficient (Wildman–Crippen LogP) is 3.09. The number of aryl methyl sites for hydroxylation is 2. The fraction of sp³-hybridized carbons (Fsp3) is 0.304. The minimum atomic E-state index is -0.489. The van der Waals surface area contributed by atoms with E-state index in [0.717, 1.165) is 27.7 Å². The molecule has 1 aliphatic heterocycles. The van der Waals surface area contributed by atoms with Crippen LogP contribution in [0.1, 0.15) is 16.7 Å². The highest BCUT2D eigenvalue weighted by Crippen LogP contribution is 2.30. The van der Waals surface area contributed by atoms with Gasteiger partial charge in [0.15, 0.2) is 18.1 Å². The third kappa shape index (κ3) is 4.40. The van der Waals surface area contributed by atoms with Gasteiger partial charge in [0.25, 0.3) is 5.91 Å². The molecule has 2 heterocycles. The molecule has 1 aliphatic rings. The fourth-order valence-electron chi connectivity index (χ4n) is 3.27. The van der Waals surface area contributed by atoms with Crippen molar-refractivity contribution in [3.63, 3.8) is 0 Å². The van der Waals surface area contributed by atoms with Gasteiger partial charge in [0, 0.05) is 10.9 Å². The van der Waals surface area contributed by atoms with Gasteiger partial charge in [0.05, 0.1) is 19.2 Å². The third-order valence-corrected chi connectivity index (χ3v) is 5.06. The molecule has 0 unspecified atom stereocenters. The highest BCUT2D eigenvalue weighted by atomic mass is 16.6. The third-order valence-electron chi connectivity index (χ3n) is 5.06. The molecule has 0 fully saturated rings. The number of rotatable bonds is 6. The molecule has 156 valence electrons. The van der Waals surface area contributed by atoms with Crippen molar-refractivity contribution in [2.24, 2.45) is 0 Å². The minimum absolute atomic E-state index is 0.0408. The van der Waals surface area contributed by atoms with Crippen molar-refractivity contribution in [3.05, 3.63) is 59.4 Å². The monoisotopic (exact) mass is 409 g/mol. The first kappa shape index (κ1) is 19.8. The van der Waals surface area contributed by atoms with Gasteiger partial charge in [-0.1, -0.05) is 12.1 Å². The molecule has 7 heteroatoms. The number of esters is 1. The number of hydrogen-bond acceptors (Lipinski definition) is 6. The molecule has 3 aromatic rings. The van der Waals surface area contributed by atoms with Gasteiger partial charge in [0.2, 0.25) is 0 Å². The lowest BCUT2D eigenvalue weighted by molar-refractivity contribution is -0.148. The number of nitrogens with one attached hydrogen (secondary N) is 1. The molecule has 0 saturated carbocycles. The lowest BCUT2D eigenvalue weighted by Gasteiger charge is -2.26. The van der Waals surface area contributed by atoms with E-state index in [9.17, 15) is 9.59 Å². The Morgan fingerprint density at radius 3 is 2.73 bits per heavy atom. The van der Waals surface area contributed by atoms with Crippen molar-refractivity contribution in [2.45, 2.75) is 26.4 Å². The standard InChI is InChI=1S/C23H23NO6/c1-14-7-18-16(11-27-21(18)8-15(14)2)9-23(26)29-13-22(25)24-10-17-12-28-19-5-3-4-6-20(19)30-17/h3-8,11,17H,9-10,12-13H2,1-2H3,(H,24,25)/t17-/m0/s1. The van der Waals surface area contributed by atoms with Crippen LogP contribution in [-0.4, -0.2) is 37.7 Å². The van der Waals surface area contributed by atoms with E-state index in [0.29, 0.717) is 18.1 Å². The van der Waals surface area contributed by atoms with E-state index in [2.05, 4.69) is 5.32 Å². The smallest absolute Gasteiger partial charge is 0.310 e. The van der Waals surface area contributed by atoms with Gasteiger partial charge in [-0.2, -0.15) is 0 Å². The average Bonchev–Trinajstić information content (AvgIpc) is 3.12. The number of benzene rings is 2. The lowest BCUT2D eigenvalue weighted by atomic mass is 10.0. The second-order valence-corrected chi connectivity index (χ2v) is 7.33. The predicted molar refractivity (Wildman–Crippen MR) is 110 cm³/mol. The Hall–Kier alpha value is -3.48. The Morgan fingerprint density at radius 2 is 1.90 bits per heavy atom. The first-order valence-corrected chi connectivity index (χ1v) is 9.77. The molecule has 0 spiro atoms. The largest absolute Gasteiger partial charge is 0.486 e. The van der Waals surface area contributed by atoms with Crippen LogP contribution in [0.15, 0.2) is 47.1 Å². The molecule has 1 atom stereocenters. The highest BCUT2D eigenvalue weighted by Gasteiger charge is 2.21. The van der Waals surface area contributed by atoms with Crippen molar-refractivity contribution in [2.75, 3.05) is 19.8 Å². The molecule has 0 saturated heterocycles. The minimum Gasteiger partial charge on any atom is -0.486 e. The molecule has 7 nitrogen and oxygen atoms in total. The van der Waals surface area contributed by atoms with E-state index < -0.39 is 11.9 Å². The van der Waals surface area contributed by atoms with Gasteiger partial charge in [-0.15, -0.1) is 0 Å². The topological polar surface area (TPSA) is 87.0 Å². The van der Waals surface area contributed by atoms with E-state index in [1.165, 1.54) is 0 Å². The molecule has 0 bridgehead atoms. The Bertz CT molecular complexity index is 1090. The quantitative estimate of drug-likeness (QED) is 0.630. The number of hydrogen-bond donors (Lipinski definition) is 1. The van der Waals surface area contributed by atoms with Crippen molar-refractivity contribution in [1.29, 1.82) is 0 Å². The number of furan rings is 1. The average molecular weight is 409 g/mol. The summed E-state index contributed by atoms with van der Waals surface area (Å²) >= 11 is 0. The first-order chi connectivity index (χ1) is 14.5. The van der Waals surface area contributed by atoms with Gasteiger partial charge in [0.1, 0.15) is 18.3 Å². The van der Waals surface area contributed by atoms with Gasteiger partial charge in [-0.3, -0.25) is 9.59 Å². The Balaban J connectivity index is 1.24. The summed E-state index contributed by atoms with van der Waals surface area (Å²) in [5.74, 6) is 0.449. The van der Waals surface area contributed by atoms with Crippen LogP contribution >= 0.6 is 0 Å². The van der Waals surface area contributed by atoms with Crippen molar-refractivity contribution < 1.29 is 28.2 Å². The summed E-state index contributed by atoms with van der Waals surface area (Å²) in [5, 5.41) is 3.58. The van der Waals surface area contributed by atoms with E-state index in [1.54, 1.807) is 6.26 Å². The summed E-state index contributed by atoms with van der Waals surface area (Å²) in [6, 6.07) is 11.3. The normalized spacial score (nSPS) is 15.1. The van der Waals surface area contributed by atoms with Crippen molar-refractivity contribution in [1.82, 2.24) is 5.32 Å². The zero-order valence-electron chi connectivity index (χ0n) is 16.9. The number of carbonyl (C=O) groups excluding carboxylic acids is 2. The molecule has 2 aromatic carbocycles. The maximum absolute atomic E-state index is 12.2. The Labute approximate surface area is 173 Å². The number of amides is 1. The van der Waals surface area contributed by atoms with Crippen LogP contribution in [-0.2, 0) is 20.7 Å². The zero-order valence-corrected chi connectivity index (χ0v) is 16.9. The van der Waals surface area contributed by atoms with Crippen LogP contribution in [0.2, 0.25) is 0 Å². The van der Waals surface area contributed by atoms with Crippen molar-refractivity contribution in [3.8, 4) is 11.5 Å². The van der Waals surface area contributed by atoms with Crippen molar-refractivity contribution >= 4 is 22.8 Å². The van der Waals surface area contributed by atoms with Crippen LogP contribution in [0.5, 0.6) is 11.5 Å². The van der Waals surface area contributed by atoms with Gasteiger partial charge < -0.3 is 23.9 Å². The van der Waals surface area contributed by atoms with Gasteiger partial charge >= 0.3 is 5.97 Å². The molecule has 1 aromatic heterocycles. The van der Waals surface area contributed by atoms with Crippen LogP contribution in [0.25, 0.3) is 11.0 Å². The molecule has 4 rings (SSSR count). The van der Waals surface area contributed by atoms with Crippen LogP contribution in [0.4, 0.5) is 0 Å². The van der Waals surface area contributed by atoms with E-state index in [4.69, 9.17) is 18.6 Å². The number of ether oxygens (including phenoxy) is 3. The summed E-state index contributed by atoms with van der Waals surface area (Å²) in [7, 11) is 0. The van der Waals surface area contributed by atoms with Gasteiger partial charge in [-0.25, -0.2) is 0 Å². The summed E-state index contributed by atoms with van der Waals surface area (Å²) in [5.41, 5.74) is 3.72. The molecule has 0 aliphatic carbocycles. The van der Waals surface area contributed by atoms with Gasteiger partial charge in [-0.05, 0) is 49.2 Å². The molecular formula is C23H23NO6.